The molecule has 0 aromatic rings. The number of hydrogen-bond donors (Lipinski definition) is 0. The van der Waals surface area contributed by atoms with Gasteiger partial charge in [0.2, 0.25) is 0 Å². The zero-order chi connectivity index (χ0) is 12.3. The number of epoxide rings is 1. The van der Waals surface area contributed by atoms with E-state index in [2.05, 4.69) is 37.9 Å². The summed E-state index contributed by atoms with van der Waals surface area (Å²) in [6.07, 6.45) is 1.28. The lowest BCUT2D eigenvalue weighted by atomic mass is 10.1. The van der Waals surface area contributed by atoms with Crippen LogP contribution in [0.3, 0.4) is 0 Å². The average Bonchev–Trinajstić information content (AvgIpc) is 2.87. The van der Waals surface area contributed by atoms with Crippen LogP contribution in [0.2, 0.25) is 0 Å². The van der Waals surface area contributed by atoms with E-state index in [4.69, 9.17) is 9.47 Å². The van der Waals surface area contributed by atoms with Crippen molar-refractivity contribution < 1.29 is 9.47 Å². The summed E-state index contributed by atoms with van der Waals surface area (Å²) >= 11 is 0. The van der Waals surface area contributed by atoms with Crippen molar-refractivity contribution in [1.29, 1.82) is 0 Å². The monoisotopic (exact) mass is 230 g/mol. The van der Waals surface area contributed by atoms with E-state index >= 15 is 0 Å². The van der Waals surface area contributed by atoms with Crippen LogP contribution < -0.4 is 0 Å². The van der Waals surface area contributed by atoms with Crippen LogP contribution in [0.4, 0.5) is 0 Å². The van der Waals surface area contributed by atoms with E-state index in [1.807, 2.05) is 6.92 Å². The maximum Gasteiger partial charge on any atom is 0.192 e. The van der Waals surface area contributed by atoms with E-state index in [9.17, 15) is 0 Å². The van der Waals surface area contributed by atoms with Crippen molar-refractivity contribution >= 4 is 0 Å². The van der Waals surface area contributed by atoms with Crippen molar-refractivity contribution in [3.63, 3.8) is 0 Å². The van der Waals surface area contributed by atoms with E-state index in [1.54, 1.807) is 7.11 Å². The number of methoxy groups -OCH3 is 1. The Kier molecular flexibility index (Phi) is 4.73. The van der Waals surface area contributed by atoms with Crippen molar-refractivity contribution in [3.8, 4) is 0 Å². The number of hydrogen-bond acceptors (Lipinski definition) is 4. The SMILES string of the molecule is CCN(C)C(CC1OC1(C)OC)CN(C)C. The first-order valence-corrected chi connectivity index (χ1v) is 6.01. The molecule has 3 unspecified atom stereocenters. The third-order valence-corrected chi connectivity index (χ3v) is 3.49. The third-order valence-electron chi connectivity index (χ3n) is 3.49. The minimum Gasteiger partial charge on any atom is -0.351 e. The molecular weight excluding hydrogens is 204 g/mol. The number of rotatable bonds is 7. The maximum atomic E-state index is 5.59. The smallest absolute Gasteiger partial charge is 0.192 e. The third kappa shape index (κ3) is 3.42. The summed E-state index contributed by atoms with van der Waals surface area (Å²) in [5, 5.41) is 0. The Morgan fingerprint density at radius 3 is 2.38 bits per heavy atom. The van der Waals surface area contributed by atoms with Gasteiger partial charge in [0, 0.05) is 19.7 Å². The lowest BCUT2D eigenvalue weighted by Crippen LogP contribution is -2.41. The molecule has 0 aromatic heterocycles. The number of ether oxygens (including phenoxy) is 2. The Bertz CT molecular complexity index is 223. The Morgan fingerprint density at radius 2 is 2.00 bits per heavy atom. The molecule has 0 spiro atoms. The van der Waals surface area contributed by atoms with E-state index in [-0.39, 0.29) is 11.9 Å². The topological polar surface area (TPSA) is 28.2 Å². The maximum absolute atomic E-state index is 5.59. The molecule has 0 amide bonds. The van der Waals surface area contributed by atoms with Crippen molar-refractivity contribution in [2.75, 3.05) is 41.3 Å². The molecule has 0 bridgehead atoms. The number of nitrogens with zero attached hydrogens (tertiary/aromatic N) is 2. The summed E-state index contributed by atoms with van der Waals surface area (Å²) in [4.78, 5) is 4.60. The van der Waals surface area contributed by atoms with Crippen molar-refractivity contribution in [3.05, 3.63) is 0 Å². The quantitative estimate of drug-likeness (QED) is 0.611. The summed E-state index contributed by atoms with van der Waals surface area (Å²) in [7, 11) is 8.10. The summed E-state index contributed by atoms with van der Waals surface area (Å²) < 4.78 is 10.9. The lowest BCUT2D eigenvalue weighted by molar-refractivity contribution is 0.00568. The molecule has 4 heteroatoms. The van der Waals surface area contributed by atoms with Gasteiger partial charge in [-0.2, -0.15) is 0 Å². The second-order valence-electron chi connectivity index (χ2n) is 5.05. The second-order valence-corrected chi connectivity index (χ2v) is 5.05. The highest BCUT2D eigenvalue weighted by atomic mass is 16.8. The van der Waals surface area contributed by atoms with Gasteiger partial charge in [-0.3, -0.25) is 0 Å². The molecule has 0 aliphatic carbocycles. The van der Waals surface area contributed by atoms with Crippen LogP contribution in [0.15, 0.2) is 0 Å². The van der Waals surface area contributed by atoms with E-state index < -0.39 is 0 Å². The highest BCUT2D eigenvalue weighted by Crippen LogP contribution is 2.40. The minimum absolute atomic E-state index is 0.247. The normalized spacial score (nSPS) is 31.1. The molecular formula is C12H26N2O2. The molecule has 96 valence electrons. The van der Waals surface area contributed by atoms with Gasteiger partial charge in [0.05, 0.1) is 0 Å². The van der Waals surface area contributed by atoms with Gasteiger partial charge in [0.1, 0.15) is 6.10 Å². The van der Waals surface area contributed by atoms with Gasteiger partial charge in [-0.25, -0.2) is 0 Å². The molecule has 1 rings (SSSR count). The zero-order valence-corrected chi connectivity index (χ0v) is 11.5. The van der Waals surface area contributed by atoms with E-state index in [0.717, 1.165) is 19.5 Å². The van der Waals surface area contributed by atoms with Gasteiger partial charge in [-0.15, -0.1) is 0 Å². The Balaban J connectivity index is 2.45. The van der Waals surface area contributed by atoms with Gasteiger partial charge in [0.25, 0.3) is 0 Å². The van der Waals surface area contributed by atoms with E-state index in [0.29, 0.717) is 6.04 Å². The van der Waals surface area contributed by atoms with Crippen LogP contribution in [-0.2, 0) is 9.47 Å². The fourth-order valence-electron chi connectivity index (χ4n) is 2.01. The highest BCUT2D eigenvalue weighted by Gasteiger charge is 2.53. The number of likely N-dealkylation sites (N-methyl/N-ethyl adjacent to an activating group) is 2. The first-order chi connectivity index (χ1) is 7.42. The van der Waals surface area contributed by atoms with Crippen molar-refractivity contribution in [2.24, 2.45) is 0 Å². The summed E-state index contributed by atoms with van der Waals surface area (Å²) in [6.45, 7) is 6.32. The van der Waals surface area contributed by atoms with Gasteiger partial charge in [0.15, 0.2) is 5.79 Å². The Hall–Kier alpha value is -0.160. The Morgan fingerprint density at radius 1 is 1.38 bits per heavy atom. The summed E-state index contributed by atoms with van der Waals surface area (Å²) in [5.74, 6) is -0.334. The molecule has 1 heterocycles. The summed E-state index contributed by atoms with van der Waals surface area (Å²) in [6, 6.07) is 0.530. The molecule has 0 radical (unpaired) electrons. The van der Waals surface area contributed by atoms with Gasteiger partial charge in [-0.05, 0) is 41.0 Å². The molecule has 0 N–H and O–H groups in total. The minimum atomic E-state index is -0.334. The van der Waals surface area contributed by atoms with Gasteiger partial charge in [-0.1, -0.05) is 6.92 Å². The highest BCUT2D eigenvalue weighted by molar-refractivity contribution is 4.94. The largest absolute Gasteiger partial charge is 0.351 e. The molecule has 1 fully saturated rings. The zero-order valence-electron chi connectivity index (χ0n) is 11.5. The molecule has 1 aliphatic heterocycles. The average molecular weight is 230 g/mol. The predicted octanol–water partition coefficient (Wildman–Crippen LogP) is 1.02. The molecule has 16 heavy (non-hydrogen) atoms. The van der Waals surface area contributed by atoms with Crippen LogP contribution in [-0.4, -0.2) is 69.1 Å². The van der Waals surface area contributed by atoms with Gasteiger partial charge >= 0.3 is 0 Å². The molecule has 0 aromatic carbocycles. The lowest BCUT2D eigenvalue weighted by Gasteiger charge is -2.29. The van der Waals surface area contributed by atoms with Gasteiger partial charge < -0.3 is 19.3 Å². The molecule has 3 atom stereocenters. The van der Waals surface area contributed by atoms with Crippen molar-refractivity contribution in [2.45, 2.75) is 38.2 Å². The first-order valence-electron chi connectivity index (χ1n) is 6.01. The predicted molar refractivity (Wildman–Crippen MR) is 65.6 cm³/mol. The molecule has 0 saturated carbocycles. The van der Waals surface area contributed by atoms with Crippen LogP contribution >= 0.6 is 0 Å². The van der Waals surface area contributed by atoms with E-state index in [1.165, 1.54) is 0 Å². The van der Waals surface area contributed by atoms with Crippen LogP contribution in [0, 0.1) is 0 Å². The molecule has 1 aliphatic rings. The second kappa shape index (κ2) is 5.45. The molecule has 4 nitrogen and oxygen atoms in total. The van der Waals surface area contributed by atoms with Crippen LogP contribution in [0.5, 0.6) is 0 Å². The fourth-order valence-corrected chi connectivity index (χ4v) is 2.01. The van der Waals surface area contributed by atoms with Crippen LogP contribution in [0.25, 0.3) is 0 Å². The standard InChI is InChI=1S/C12H26N2O2/c1-7-14(5)10(9-13(3)4)8-11-12(2,15-6)16-11/h10-11H,7-9H2,1-6H3. The summed E-state index contributed by atoms with van der Waals surface area (Å²) in [5.41, 5.74) is 0. The Labute approximate surface area is 99.5 Å². The first kappa shape index (κ1) is 13.9. The van der Waals surface area contributed by atoms with Crippen LogP contribution in [0.1, 0.15) is 20.3 Å². The molecule has 1 saturated heterocycles. The fraction of sp³-hybridized carbons (Fsp3) is 1.00. The van der Waals surface area contributed by atoms with Crippen molar-refractivity contribution in [1.82, 2.24) is 9.80 Å².